The highest BCUT2D eigenvalue weighted by molar-refractivity contribution is 5.94. The molecule has 0 bridgehead atoms. The molecule has 1 aliphatic rings. The van der Waals surface area contributed by atoms with Crippen LogP contribution in [0.1, 0.15) is 33.8 Å². The van der Waals surface area contributed by atoms with Crippen LogP contribution in [0, 0.1) is 0 Å². The number of rotatable bonds is 5. The summed E-state index contributed by atoms with van der Waals surface area (Å²) in [5.74, 6) is 0.499. The molecule has 0 aliphatic heterocycles. The molecular weight excluding hydrogens is 272 g/mol. The normalized spacial score (nSPS) is 20.0. The van der Waals surface area contributed by atoms with Gasteiger partial charge in [0.2, 0.25) is 0 Å². The fraction of sp³-hybridized carbons (Fsp3) is 0.316. The van der Waals surface area contributed by atoms with Crippen molar-refractivity contribution in [1.82, 2.24) is 10.2 Å². The highest BCUT2D eigenvalue weighted by Crippen LogP contribution is 2.40. The lowest BCUT2D eigenvalue weighted by molar-refractivity contribution is 0.0950. The van der Waals surface area contributed by atoms with Crippen molar-refractivity contribution in [3.63, 3.8) is 0 Å². The van der Waals surface area contributed by atoms with E-state index in [1.807, 2.05) is 38.4 Å². The maximum Gasteiger partial charge on any atom is 0.251 e. The zero-order valence-electron chi connectivity index (χ0n) is 13.1. The van der Waals surface area contributed by atoms with E-state index >= 15 is 0 Å². The summed E-state index contributed by atoms with van der Waals surface area (Å²) in [6.07, 6.45) is 1.03. The van der Waals surface area contributed by atoms with Crippen molar-refractivity contribution in [3.8, 4) is 0 Å². The molecule has 3 rings (SSSR count). The molecule has 3 heteroatoms. The first-order valence-corrected chi connectivity index (χ1v) is 7.73. The van der Waals surface area contributed by atoms with Crippen molar-refractivity contribution >= 4 is 5.91 Å². The molecule has 0 aromatic heterocycles. The molecule has 0 spiro atoms. The van der Waals surface area contributed by atoms with Crippen LogP contribution in [0.5, 0.6) is 0 Å². The zero-order valence-corrected chi connectivity index (χ0v) is 13.1. The van der Waals surface area contributed by atoms with Gasteiger partial charge in [-0.15, -0.1) is 0 Å². The molecule has 0 unspecified atom stereocenters. The second-order valence-corrected chi connectivity index (χ2v) is 6.27. The van der Waals surface area contributed by atoms with E-state index in [9.17, 15) is 4.79 Å². The Kier molecular flexibility index (Phi) is 4.25. The fourth-order valence-electron chi connectivity index (χ4n) is 2.85. The Labute approximate surface area is 132 Å². The van der Waals surface area contributed by atoms with Gasteiger partial charge in [0, 0.05) is 24.1 Å². The third-order valence-corrected chi connectivity index (χ3v) is 4.02. The fourth-order valence-corrected chi connectivity index (χ4v) is 2.85. The highest BCUT2D eigenvalue weighted by atomic mass is 16.1. The van der Waals surface area contributed by atoms with Crippen molar-refractivity contribution in [3.05, 3.63) is 71.3 Å². The number of nitrogens with zero attached hydrogens (tertiary/aromatic N) is 1. The lowest BCUT2D eigenvalue weighted by atomic mass is 10.1. The van der Waals surface area contributed by atoms with Gasteiger partial charge >= 0.3 is 0 Å². The number of hydrogen-bond acceptors (Lipinski definition) is 2. The van der Waals surface area contributed by atoms with Crippen molar-refractivity contribution < 1.29 is 4.79 Å². The van der Waals surface area contributed by atoms with Gasteiger partial charge in [0.05, 0.1) is 0 Å². The molecule has 1 N–H and O–H groups in total. The minimum absolute atomic E-state index is 0.0315. The summed E-state index contributed by atoms with van der Waals surface area (Å²) in [6, 6.07) is 18.5. The number of hydrogen-bond donors (Lipinski definition) is 1. The van der Waals surface area contributed by atoms with Gasteiger partial charge < -0.3 is 10.2 Å². The maximum atomic E-state index is 12.4. The molecule has 0 radical (unpaired) electrons. The van der Waals surface area contributed by atoms with Crippen molar-refractivity contribution in [1.29, 1.82) is 0 Å². The second kappa shape index (κ2) is 6.32. The molecule has 2 aromatic rings. The standard InChI is InChI=1S/C19H22N2O/c1-21(2)13-14-7-6-10-16(11-14)19(22)20-18-12-17(18)15-8-4-3-5-9-15/h3-11,17-18H,12-13H2,1-2H3,(H,20,22)/t17-,18-/m1/s1. The van der Waals surface area contributed by atoms with Gasteiger partial charge in [0.25, 0.3) is 5.91 Å². The van der Waals surface area contributed by atoms with Crippen LogP contribution in [0.3, 0.4) is 0 Å². The van der Waals surface area contributed by atoms with E-state index in [1.54, 1.807) is 0 Å². The minimum Gasteiger partial charge on any atom is -0.349 e. The Morgan fingerprint density at radius 1 is 1.14 bits per heavy atom. The molecule has 3 nitrogen and oxygen atoms in total. The summed E-state index contributed by atoms with van der Waals surface area (Å²) in [7, 11) is 4.06. The van der Waals surface area contributed by atoms with Crippen LogP contribution in [0.25, 0.3) is 0 Å². The van der Waals surface area contributed by atoms with E-state index < -0.39 is 0 Å². The molecule has 22 heavy (non-hydrogen) atoms. The largest absolute Gasteiger partial charge is 0.349 e. The highest BCUT2D eigenvalue weighted by Gasteiger charge is 2.39. The van der Waals surface area contributed by atoms with Crippen LogP contribution in [-0.4, -0.2) is 30.9 Å². The van der Waals surface area contributed by atoms with E-state index in [2.05, 4.69) is 40.5 Å². The van der Waals surface area contributed by atoms with E-state index in [-0.39, 0.29) is 11.9 Å². The minimum atomic E-state index is 0.0315. The monoisotopic (exact) mass is 294 g/mol. The summed E-state index contributed by atoms with van der Waals surface area (Å²) in [5, 5.41) is 3.15. The molecule has 1 fully saturated rings. The second-order valence-electron chi connectivity index (χ2n) is 6.27. The van der Waals surface area contributed by atoms with E-state index in [0.717, 1.165) is 24.1 Å². The third-order valence-electron chi connectivity index (χ3n) is 4.02. The molecule has 0 heterocycles. The molecule has 2 aromatic carbocycles. The van der Waals surface area contributed by atoms with Crippen LogP contribution in [0.2, 0.25) is 0 Å². The zero-order chi connectivity index (χ0) is 15.5. The van der Waals surface area contributed by atoms with E-state index in [0.29, 0.717) is 5.92 Å². The first-order valence-electron chi connectivity index (χ1n) is 7.73. The Bertz CT molecular complexity index is 651. The summed E-state index contributed by atoms with van der Waals surface area (Å²) >= 11 is 0. The third kappa shape index (κ3) is 3.55. The smallest absolute Gasteiger partial charge is 0.251 e. The van der Waals surface area contributed by atoms with Crippen molar-refractivity contribution in [2.75, 3.05) is 14.1 Å². The predicted molar refractivity (Wildman–Crippen MR) is 88.9 cm³/mol. The number of amides is 1. The molecular formula is C19H22N2O. The number of nitrogens with one attached hydrogen (secondary N) is 1. The Morgan fingerprint density at radius 2 is 1.91 bits per heavy atom. The lowest BCUT2D eigenvalue weighted by Gasteiger charge is -2.11. The average Bonchev–Trinajstić information content (AvgIpc) is 3.27. The quantitative estimate of drug-likeness (QED) is 0.919. The number of carbonyl (C=O) groups excluding carboxylic acids is 1. The Morgan fingerprint density at radius 3 is 2.64 bits per heavy atom. The Hall–Kier alpha value is -2.13. The predicted octanol–water partition coefficient (Wildman–Crippen LogP) is 3.03. The topological polar surface area (TPSA) is 32.3 Å². The molecule has 114 valence electrons. The Balaban J connectivity index is 1.61. The van der Waals surface area contributed by atoms with Crippen LogP contribution in [-0.2, 0) is 6.54 Å². The van der Waals surface area contributed by atoms with Crippen LogP contribution in [0.4, 0.5) is 0 Å². The molecule has 1 saturated carbocycles. The van der Waals surface area contributed by atoms with Gasteiger partial charge in [0.15, 0.2) is 0 Å². The number of carbonyl (C=O) groups is 1. The van der Waals surface area contributed by atoms with Crippen molar-refractivity contribution in [2.45, 2.75) is 24.9 Å². The molecule has 2 atom stereocenters. The maximum absolute atomic E-state index is 12.4. The average molecular weight is 294 g/mol. The molecule has 1 amide bonds. The van der Waals surface area contributed by atoms with Crippen LogP contribution < -0.4 is 5.32 Å². The number of benzene rings is 2. The summed E-state index contributed by atoms with van der Waals surface area (Å²) in [5.41, 5.74) is 3.22. The van der Waals surface area contributed by atoms with Gasteiger partial charge in [-0.3, -0.25) is 4.79 Å². The van der Waals surface area contributed by atoms with E-state index in [4.69, 9.17) is 0 Å². The van der Waals surface area contributed by atoms with Gasteiger partial charge in [-0.05, 0) is 43.8 Å². The van der Waals surface area contributed by atoms with Crippen LogP contribution in [0.15, 0.2) is 54.6 Å². The summed E-state index contributed by atoms with van der Waals surface area (Å²) in [6.45, 7) is 0.844. The first-order chi connectivity index (χ1) is 10.6. The first kappa shape index (κ1) is 14.8. The summed E-state index contributed by atoms with van der Waals surface area (Å²) in [4.78, 5) is 14.5. The SMILES string of the molecule is CN(C)Cc1cccc(C(=O)N[C@@H]2C[C@@H]2c2ccccc2)c1. The van der Waals surface area contributed by atoms with Gasteiger partial charge in [-0.2, -0.15) is 0 Å². The van der Waals surface area contributed by atoms with Gasteiger partial charge in [-0.1, -0.05) is 42.5 Å². The van der Waals surface area contributed by atoms with Crippen LogP contribution >= 0.6 is 0 Å². The summed E-state index contributed by atoms with van der Waals surface area (Å²) < 4.78 is 0. The van der Waals surface area contributed by atoms with E-state index in [1.165, 1.54) is 5.56 Å². The van der Waals surface area contributed by atoms with Crippen molar-refractivity contribution in [2.24, 2.45) is 0 Å². The molecule has 0 saturated heterocycles. The lowest BCUT2D eigenvalue weighted by Crippen LogP contribution is -2.26. The van der Waals surface area contributed by atoms with Gasteiger partial charge in [0.1, 0.15) is 0 Å². The molecule has 1 aliphatic carbocycles. The van der Waals surface area contributed by atoms with Gasteiger partial charge in [-0.25, -0.2) is 0 Å².